The number of nitro groups is 1. The Morgan fingerprint density at radius 2 is 2.00 bits per heavy atom. The van der Waals surface area contributed by atoms with E-state index in [-0.39, 0.29) is 0 Å². The summed E-state index contributed by atoms with van der Waals surface area (Å²) in [6, 6.07) is 8.59. The van der Waals surface area contributed by atoms with Crippen LogP contribution in [0.4, 0.5) is 0 Å². The van der Waals surface area contributed by atoms with E-state index in [1.54, 1.807) is 30.3 Å². The number of nitrogens with zero attached hydrogens (tertiary/aromatic N) is 1. The van der Waals surface area contributed by atoms with E-state index in [2.05, 4.69) is 0 Å². The van der Waals surface area contributed by atoms with Gasteiger partial charge in [-0.1, -0.05) is 30.3 Å². The van der Waals surface area contributed by atoms with Crippen molar-refractivity contribution in [2.24, 2.45) is 0 Å². The molecule has 4 heteroatoms. The Labute approximate surface area is 69.6 Å². The highest BCUT2D eigenvalue weighted by molar-refractivity contribution is 5.17. The third kappa shape index (κ3) is 2.32. The summed E-state index contributed by atoms with van der Waals surface area (Å²) >= 11 is 0. The van der Waals surface area contributed by atoms with Crippen LogP contribution >= 0.6 is 0 Å². The lowest BCUT2D eigenvalue weighted by Crippen LogP contribution is -2.11. The summed E-state index contributed by atoms with van der Waals surface area (Å²) < 4.78 is 0. The Morgan fingerprint density at radius 1 is 1.42 bits per heavy atom. The van der Waals surface area contributed by atoms with E-state index in [0.717, 1.165) is 0 Å². The van der Waals surface area contributed by atoms with Gasteiger partial charge < -0.3 is 5.11 Å². The lowest BCUT2D eigenvalue weighted by Gasteiger charge is -2.04. The summed E-state index contributed by atoms with van der Waals surface area (Å²) in [6.45, 7) is -0.440. The summed E-state index contributed by atoms with van der Waals surface area (Å²) in [5.41, 5.74) is 0.578. The summed E-state index contributed by atoms with van der Waals surface area (Å²) in [6.07, 6.45) is -0.999. The molecule has 0 heterocycles. The predicted molar refractivity (Wildman–Crippen MR) is 43.3 cm³/mol. The number of hydrogen-bond acceptors (Lipinski definition) is 3. The van der Waals surface area contributed by atoms with Crippen LogP contribution < -0.4 is 0 Å². The molecule has 1 atom stereocenters. The zero-order chi connectivity index (χ0) is 8.97. The van der Waals surface area contributed by atoms with Crippen molar-refractivity contribution in [3.05, 3.63) is 46.0 Å². The smallest absolute Gasteiger partial charge is 0.233 e. The summed E-state index contributed by atoms with van der Waals surface area (Å²) in [7, 11) is 0. The third-order valence-electron chi connectivity index (χ3n) is 1.51. The maximum atomic E-state index is 10.0. The van der Waals surface area contributed by atoms with Crippen LogP contribution in [0.25, 0.3) is 0 Å². The molecule has 0 bridgehead atoms. The SMILES string of the molecule is O=[N+]([O-])CC(O)c1ccccc1. The van der Waals surface area contributed by atoms with Gasteiger partial charge in [0.1, 0.15) is 6.10 Å². The molecule has 4 nitrogen and oxygen atoms in total. The van der Waals surface area contributed by atoms with Crippen molar-refractivity contribution in [2.75, 3.05) is 6.54 Å². The van der Waals surface area contributed by atoms with Crippen LogP contribution in [0.1, 0.15) is 11.7 Å². The van der Waals surface area contributed by atoms with Crippen LogP contribution in [0.3, 0.4) is 0 Å². The van der Waals surface area contributed by atoms with Gasteiger partial charge in [-0.2, -0.15) is 0 Å². The van der Waals surface area contributed by atoms with Crippen molar-refractivity contribution in [3.63, 3.8) is 0 Å². The Hall–Kier alpha value is -1.42. The van der Waals surface area contributed by atoms with E-state index in [1.165, 1.54) is 0 Å². The highest BCUT2D eigenvalue weighted by atomic mass is 16.6. The van der Waals surface area contributed by atoms with Crippen LogP contribution in [0, 0.1) is 10.1 Å². The van der Waals surface area contributed by atoms with Crippen molar-refractivity contribution >= 4 is 0 Å². The fraction of sp³-hybridized carbons (Fsp3) is 0.250. The standard InChI is InChI=1S/C8H9NO3/c10-8(6-9(11)12)7-4-2-1-3-5-7/h1-5,8,10H,6H2. The van der Waals surface area contributed by atoms with Gasteiger partial charge in [-0.05, 0) is 5.56 Å². The minimum absolute atomic E-state index is 0.440. The molecule has 0 aliphatic carbocycles. The largest absolute Gasteiger partial charge is 0.382 e. The van der Waals surface area contributed by atoms with Crippen molar-refractivity contribution in [2.45, 2.75) is 6.10 Å². The molecule has 0 saturated carbocycles. The van der Waals surface area contributed by atoms with Crippen molar-refractivity contribution in [1.82, 2.24) is 0 Å². The molecule has 1 aromatic carbocycles. The van der Waals surface area contributed by atoms with Gasteiger partial charge in [-0.25, -0.2) is 0 Å². The molecule has 0 fully saturated rings. The van der Waals surface area contributed by atoms with Gasteiger partial charge in [0.2, 0.25) is 6.54 Å². The van der Waals surface area contributed by atoms with Gasteiger partial charge in [0.15, 0.2) is 0 Å². The first-order valence-corrected chi connectivity index (χ1v) is 3.55. The predicted octanol–water partition coefficient (Wildman–Crippen LogP) is 0.997. The third-order valence-corrected chi connectivity index (χ3v) is 1.51. The number of benzene rings is 1. The molecule has 1 rings (SSSR count). The minimum Gasteiger partial charge on any atom is -0.382 e. The molecule has 0 aromatic heterocycles. The molecule has 1 aromatic rings. The fourth-order valence-electron chi connectivity index (χ4n) is 0.922. The topological polar surface area (TPSA) is 63.4 Å². The van der Waals surface area contributed by atoms with Gasteiger partial charge >= 0.3 is 0 Å². The van der Waals surface area contributed by atoms with Crippen LogP contribution in [-0.2, 0) is 0 Å². The second kappa shape index (κ2) is 3.82. The van der Waals surface area contributed by atoms with Crippen LogP contribution in [-0.4, -0.2) is 16.6 Å². The quantitative estimate of drug-likeness (QED) is 0.539. The molecule has 0 radical (unpaired) electrons. The van der Waals surface area contributed by atoms with Crippen molar-refractivity contribution in [3.8, 4) is 0 Å². The Balaban J connectivity index is 2.65. The van der Waals surface area contributed by atoms with Gasteiger partial charge in [-0.3, -0.25) is 10.1 Å². The van der Waals surface area contributed by atoms with E-state index in [1.807, 2.05) is 0 Å². The molecular formula is C8H9NO3. The molecule has 1 N–H and O–H groups in total. The lowest BCUT2D eigenvalue weighted by molar-refractivity contribution is -0.491. The van der Waals surface area contributed by atoms with Crippen LogP contribution in [0.15, 0.2) is 30.3 Å². The average molecular weight is 167 g/mol. The molecular weight excluding hydrogens is 158 g/mol. The first-order valence-electron chi connectivity index (χ1n) is 3.55. The monoisotopic (exact) mass is 167 g/mol. The normalized spacial score (nSPS) is 12.4. The summed E-state index contributed by atoms with van der Waals surface area (Å²) in [5.74, 6) is 0. The number of rotatable bonds is 3. The Bertz CT molecular complexity index is 260. The van der Waals surface area contributed by atoms with E-state index < -0.39 is 17.6 Å². The number of hydrogen-bond donors (Lipinski definition) is 1. The van der Waals surface area contributed by atoms with Gasteiger partial charge in [-0.15, -0.1) is 0 Å². The molecule has 0 amide bonds. The fourth-order valence-corrected chi connectivity index (χ4v) is 0.922. The Kier molecular flexibility index (Phi) is 2.76. The van der Waals surface area contributed by atoms with E-state index in [4.69, 9.17) is 0 Å². The summed E-state index contributed by atoms with van der Waals surface area (Å²) in [5, 5.41) is 19.3. The molecule has 0 aliphatic heterocycles. The van der Waals surface area contributed by atoms with Gasteiger partial charge in [0.05, 0.1) is 0 Å². The highest BCUT2D eigenvalue weighted by Gasteiger charge is 2.12. The molecule has 0 saturated heterocycles. The zero-order valence-electron chi connectivity index (χ0n) is 6.38. The van der Waals surface area contributed by atoms with Crippen molar-refractivity contribution < 1.29 is 10.0 Å². The maximum absolute atomic E-state index is 10.0. The molecule has 0 aliphatic rings. The first-order chi connectivity index (χ1) is 5.70. The number of aliphatic hydroxyl groups is 1. The lowest BCUT2D eigenvalue weighted by atomic mass is 10.1. The molecule has 64 valence electrons. The van der Waals surface area contributed by atoms with Crippen molar-refractivity contribution in [1.29, 1.82) is 0 Å². The molecule has 1 unspecified atom stereocenters. The van der Waals surface area contributed by atoms with Gasteiger partial charge in [0.25, 0.3) is 0 Å². The van der Waals surface area contributed by atoms with Crippen LogP contribution in [0.5, 0.6) is 0 Å². The van der Waals surface area contributed by atoms with Gasteiger partial charge in [0, 0.05) is 4.92 Å². The second-order valence-corrected chi connectivity index (χ2v) is 2.44. The Morgan fingerprint density at radius 3 is 2.50 bits per heavy atom. The highest BCUT2D eigenvalue weighted by Crippen LogP contribution is 2.11. The van der Waals surface area contributed by atoms with Crippen LogP contribution in [0.2, 0.25) is 0 Å². The van der Waals surface area contributed by atoms with E-state index in [0.29, 0.717) is 5.56 Å². The minimum atomic E-state index is -0.999. The molecule has 12 heavy (non-hydrogen) atoms. The first kappa shape index (κ1) is 8.67. The average Bonchev–Trinajstić information content (AvgIpc) is 2.05. The maximum Gasteiger partial charge on any atom is 0.233 e. The van der Waals surface area contributed by atoms with E-state index in [9.17, 15) is 15.2 Å². The molecule has 0 spiro atoms. The zero-order valence-corrected chi connectivity index (χ0v) is 6.38. The summed E-state index contributed by atoms with van der Waals surface area (Å²) in [4.78, 5) is 9.50. The second-order valence-electron chi connectivity index (χ2n) is 2.44. The number of aliphatic hydroxyl groups excluding tert-OH is 1. The van der Waals surface area contributed by atoms with E-state index >= 15 is 0 Å².